The summed E-state index contributed by atoms with van der Waals surface area (Å²) >= 11 is 0. The third-order valence-electron chi connectivity index (χ3n) is 3.14. The Balaban J connectivity index is 1.69. The molecule has 0 aliphatic heterocycles. The molecule has 2 nitrogen and oxygen atoms in total. The van der Waals surface area contributed by atoms with Crippen LogP contribution in [0.3, 0.4) is 0 Å². The molecule has 1 N–H and O–H groups in total. The summed E-state index contributed by atoms with van der Waals surface area (Å²) in [6, 6.07) is 10.2. The second kappa shape index (κ2) is 4.77. The molecule has 1 aliphatic carbocycles. The molecule has 1 saturated carbocycles. The van der Waals surface area contributed by atoms with Gasteiger partial charge < -0.3 is 9.84 Å². The molecule has 0 spiro atoms. The van der Waals surface area contributed by atoms with E-state index in [1.165, 1.54) is 5.56 Å². The molecule has 1 aromatic carbocycles. The maximum absolute atomic E-state index is 9.32. The van der Waals surface area contributed by atoms with Crippen molar-refractivity contribution in [3.05, 3.63) is 35.9 Å². The molecule has 2 rings (SSSR count). The third-order valence-corrected chi connectivity index (χ3v) is 3.14. The molecule has 2 heteroatoms. The van der Waals surface area contributed by atoms with E-state index in [1.54, 1.807) is 0 Å². The lowest BCUT2D eigenvalue weighted by Gasteiger charge is -2.36. The first kappa shape index (κ1) is 10.7. The molecule has 1 aromatic rings. The van der Waals surface area contributed by atoms with Gasteiger partial charge in [-0.3, -0.25) is 0 Å². The minimum Gasteiger partial charge on any atom is -0.393 e. The lowest BCUT2D eigenvalue weighted by molar-refractivity contribution is -0.0725. The van der Waals surface area contributed by atoms with Gasteiger partial charge in [-0.25, -0.2) is 0 Å². The van der Waals surface area contributed by atoms with Crippen molar-refractivity contribution in [3.8, 4) is 0 Å². The van der Waals surface area contributed by atoms with Crippen LogP contribution >= 0.6 is 0 Å². The van der Waals surface area contributed by atoms with Crippen LogP contribution in [0, 0.1) is 5.92 Å². The minimum absolute atomic E-state index is 0.179. The number of ether oxygens (including phenoxy) is 1. The van der Waals surface area contributed by atoms with E-state index in [4.69, 9.17) is 4.74 Å². The highest BCUT2D eigenvalue weighted by molar-refractivity contribution is 5.13. The highest BCUT2D eigenvalue weighted by Crippen LogP contribution is 2.33. The molecule has 0 aromatic heterocycles. The maximum atomic E-state index is 9.32. The summed E-state index contributed by atoms with van der Waals surface area (Å²) in [7, 11) is 0. The van der Waals surface area contributed by atoms with E-state index in [0.717, 1.165) is 12.8 Å². The van der Waals surface area contributed by atoms with Crippen LogP contribution in [0.1, 0.15) is 25.3 Å². The molecule has 15 heavy (non-hydrogen) atoms. The Kier molecular flexibility index (Phi) is 3.39. The largest absolute Gasteiger partial charge is 0.393 e. The zero-order valence-corrected chi connectivity index (χ0v) is 9.10. The van der Waals surface area contributed by atoms with Crippen LogP contribution in [0.4, 0.5) is 0 Å². The Labute approximate surface area is 90.9 Å². The quantitative estimate of drug-likeness (QED) is 0.819. The van der Waals surface area contributed by atoms with Crippen molar-refractivity contribution in [1.82, 2.24) is 0 Å². The van der Waals surface area contributed by atoms with Gasteiger partial charge in [-0.1, -0.05) is 30.3 Å². The van der Waals surface area contributed by atoms with E-state index in [2.05, 4.69) is 12.1 Å². The lowest BCUT2D eigenvalue weighted by Crippen LogP contribution is -2.37. The van der Waals surface area contributed by atoms with Crippen LogP contribution in [0.15, 0.2) is 30.3 Å². The number of benzene rings is 1. The summed E-state index contributed by atoms with van der Waals surface area (Å²) in [4.78, 5) is 0. The summed E-state index contributed by atoms with van der Waals surface area (Å²) in [6.45, 7) is 2.55. The normalized spacial score (nSPS) is 27.1. The second-order valence-corrected chi connectivity index (χ2v) is 4.39. The summed E-state index contributed by atoms with van der Waals surface area (Å²) in [6.07, 6.45) is 2.18. The van der Waals surface area contributed by atoms with Gasteiger partial charge in [0.25, 0.3) is 0 Å². The predicted octanol–water partition coefficient (Wildman–Crippen LogP) is 2.36. The standard InChI is InChI=1S/C13H18O2/c1-10(14)12-7-13(8-12)15-9-11-5-3-2-4-6-11/h2-6,10,12-14H,7-9H2,1H3. The monoisotopic (exact) mass is 206 g/mol. The molecule has 1 atom stereocenters. The van der Waals surface area contributed by atoms with Gasteiger partial charge >= 0.3 is 0 Å². The number of aliphatic hydroxyl groups excluding tert-OH is 1. The van der Waals surface area contributed by atoms with Crippen LogP contribution in [0.25, 0.3) is 0 Å². The van der Waals surface area contributed by atoms with Crippen LogP contribution in [0.5, 0.6) is 0 Å². The average molecular weight is 206 g/mol. The highest BCUT2D eigenvalue weighted by Gasteiger charge is 2.32. The Hall–Kier alpha value is -0.860. The molecule has 0 bridgehead atoms. The minimum atomic E-state index is -0.179. The summed E-state index contributed by atoms with van der Waals surface area (Å²) in [5.74, 6) is 0.450. The maximum Gasteiger partial charge on any atom is 0.0720 e. The van der Waals surface area contributed by atoms with E-state index in [1.807, 2.05) is 25.1 Å². The van der Waals surface area contributed by atoms with Gasteiger partial charge in [0, 0.05) is 0 Å². The summed E-state index contributed by atoms with van der Waals surface area (Å²) in [5.41, 5.74) is 1.22. The van der Waals surface area contributed by atoms with E-state index >= 15 is 0 Å². The first-order chi connectivity index (χ1) is 7.25. The Morgan fingerprint density at radius 2 is 2.00 bits per heavy atom. The predicted molar refractivity (Wildman–Crippen MR) is 59.4 cm³/mol. The molecular formula is C13H18O2. The van der Waals surface area contributed by atoms with E-state index < -0.39 is 0 Å². The number of hydrogen-bond acceptors (Lipinski definition) is 2. The second-order valence-electron chi connectivity index (χ2n) is 4.39. The zero-order valence-electron chi connectivity index (χ0n) is 9.10. The Bertz CT molecular complexity index is 289. The van der Waals surface area contributed by atoms with Crippen molar-refractivity contribution in [2.24, 2.45) is 5.92 Å². The summed E-state index contributed by atoms with van der Waals surface area (Å²) in [5, 5.41) is 9.32. The van der Waals surface area contributed by atoms with Gasteiger partial charge in [-0.2, -0.15) is 0 Å². The van der Waals surface area contributed by atoms with Crippen LogP contribution in [-0.4, -0.2) is 17.3 Å². The molecule has 1 aliphatic rings. The van der Waals surface area contributed by atoms with Crippen molar-refractivity contribution in [2.45, 2.75) is 38.6 Å². The number of hydrogen-bond donors (Lipinski definition) is 1. The zero-order chi connectivity index (χ0) is 10.7. The molecule has 0 amide bonds. The molecule has 0 heterocycles. The summed E-state index contributed by atoms with van der Waals surface area (Å²) < 4.78 is 5.73. The Morgan fingerprint density at radius 1 is 1.33 bits per heavy atom. The molecule has 82 valence electrons. The Morgan fingerprint density at radius 3 is 2.60 bits per heavy atom. The van der Waals surface area contributed by atoms with Crippen molar-refractivity contribution < 1.29 is 9.84 Å². The SMILES string of the molecule is CC(O)C1CC(OCc2ccccc2)C1. The van der Waals surface area contributed by atoms with Crippen LogP contribution in [-0.2, 0) is 11.3 Å². The fraction of sp³-hybridized carbons (Fsp3) is 0.538. The fourth-order valence-electron chi connectivity index (χ4n) is 1.92. The molecule has 1 unspecified atom stereocenters. The molecule has 1 fully saturated rings. The number of rotatable bonds is 4. The van der Waals surface area contributed by atoms with Crippen molar-refractivity contribution in [1.29, 1.82) is 0 Å². The number of aliphatic hydroxyl groups is 1. The van der Waals surface area contributed by atoms with Gasteiger partial charge in [0.15, 0.2) is 0 Å². The van der Waals surface area contributed by atoms with Crippen molar-refractivity contribution in [2.75, 3.05) is 0 Å². The topological polar surface area (TPSA) is 29.5 Å². The smallest absolute Gasteiger partial charge is 0.0720 e. The molecular weight excluding hydrogens is 188 g/mol. The van der Waals surface area contributed by atoms with Gasteiger partial charge in [0.05, 0.1) is 18.8 Å². The van der Waals surface area contributed by atoms with Gasteiger partial charge in [-0.15, -0.1) is 0 Å². The lowest BCUT2D eigenvalue weighted by atomic mass is 9.79. The van der Waals surface area contributed by atoms with Gasteiger partial charge in [-0.05, 0) is 31.2 Å². The van der Waals surface area contributed by atoms with E-state index in [0.29, 0.717) is 18.6 Å². The van der Waals surface area contributed by atoms with Gasteiger partial charge in [0.1, 0.15) is 0 Å². The average Bonchev–Trinajstić information content (AvgIpc) is 2.16. The highest BCUT2D eigenvalue weighted by atomic mass is 16.5. The first-order valence-corrected chi connectivity index (χ1v) is 5.59. The first-order valence-electron chi connectivity index (χ1n) is 5.59. The molecule has 0 radical (unpaired) electrons. The van der Waals surface area contributed by atoms with Crippen LogP contribution in [0.2, 0.25) is 0 Å². The van der Waals surface area contributed by atoms with E-state index in [9.17, 15) is 5.11 Å². The van der Waals surface area contributed by atoms with E-state index in [-0.39, 0.29) is 6.10 Å². The fourth-order valence-corrected chi connectivity index (χ4v) is 1.92. The van der Waals surface area contributed by atoms with Gasteiger partial charge in [0.2, 0.25) is 0 Å². The third kappa shape index (κ3) is 2.80. The molecule has 0 saturated heterocycles. The van der Waals surface area contributed by atoms with Crippen LogP contribution < -0.4 is 0 Å². The van der Waals surface area contributed by atoms with Crippen molar-refractivity contribution >= 4 is 0 Å². The van der Waals surface area contributed by atoms with Crippen molar-refractivity contribution in [3.63, 3.8) is 0 Å².